The average Bonchev–Trinajstić information content (AvgIpc) is 2.82. The molecule has 1 amide bonds. The van der Waals surface area contributed by atoms with Crippen LogP contribution in [-0.4, -0.2) is 30.4 Å². The summed E-state index contributed by atoms with van der Waals surface area (Å²) in [5.74, 6) is 6.47. The van der Waals surface area contributed by atoms with Crippen molar-refractivity contribution in [2.75, 3.05) is 19.6 Å². The van der Waals surface area contributed by atoms with E-state index in [9.17, 15) is 4.79 Å². The first-order valence-corrected chi connectivity index (χ1v) is 6.29. The maximum absolute atomic E-state index is 12.3. The Morgan fingerprint density at radius 1 is 1.56 bits per heavy atom. The van der Waals surface area contributed by atoms with Gasteiger partial charge >= 0.3 is 0 Å². The number of benzene rings is 1. The van der Waals surface area contributed by atoms with Gasteiger partial charge in [0.1, 0.15) is 0 Å². The molecule has 2 N–H and O–H groups in total. The van der Waals surface area contributed by atoms with E-state index in [1.807, 2.05) is 29.2 Å². The molecular formula is C15H18N2O. The zero-order valence-electron chi connectivity index (χ0n) is 10.6. The summed E-state index contributed by atoms with van der Waals surface area (Å²) in [5.41, 5.74) is 6.90. The molecule has 0 aliphatic carbocycles. The molecule has 3 nitrogen and oxygen atoms in total. The van der Waals surface area contributed by atoms with Crippen molar-refractivity contribution in [1.82, 2.24) is 4.90 Å². The SMILES string of the molecule is CC1CCN(C(=O)c2cccc(C#CCN)c2)C1. The molecule has 1 aromatic rings. The second-order valence-corrected chi connectivity index (χ2v) is 4.73. The van der Waals surface area contributed by atoms with Gasteiger partial charge < -0.3 is 10.6 Å². The van der Waals surface area contributed by atoms with E-state index in [1.54, 1.807) is 0 Å². The van der Waals surface area contributed by atoms with Crippen LogP contribution < -0.4 is 5.73 Å². The maximum Gasteiger partial charge on any atom is 0.253 e. The van der Waals surface area contributed by atoms with Crippen LogP contribution in [0.5, 0.6) is 0 Å². The summed E-state index contributed by atoms with van der Waals surface area (Å²) in [4.78, 5) is 14.2. The van der Waals surface area contributed by atoms with Crippen LogP contribution in [0.2, 0.25) is 0 Å². The Balaban J connectivity index is 2.15. The molecule has 0 bridgehead atoms. The summed E-state index contributed by atoms with van der Waals surface area (Å²) in [6.07, 6.45) is 1.10. The normalized spacial score (nSPS) is 18.3. The highest BCUT2D eigenvalue weighted by atomic mass is 16.2. The molecule has 1 aliphatic rings. The fourth-order valence-corrected chi connectivity index (χ4v) is 2.19. The van der Waals surface area contributed by atoms with Crippen LogP contribution in [0.15, 0.2) is 24.3 Å². The Morgan fingerprint density at radius 3 is 3.06 bits per heavy atom. The summed E-state index contributed by atoms with van der Waals surface area (Å²) in [6, 6.07) is 7.45. The molecule has 3 heteroatoms. The number of rotatable bonds is 1. The number of amides is 1. The first-order valence-electron chi connectivity index (χ1n) is 6.29. The van der Waals surface area contributed by atoms with Gasteiger partial charge in [0, 0.05) is 24.2 Å². The van der Waals surface area contributed by atoms with E-state index in [-0.39, 0.29) is 5.91 Å². The van der Waals surface area contributed by atoms with Crippen molar-refractivity contribution in [1.29, 1.82) is 0 Å². The van der Waals surface area contributed by atoms with E-state index in [0.29, 0.717) is 18.0 Å². The summed E-state index contributed by atoms with van der Waals surface area (Å²) >= 11 is 0. The first kappa shape index (κ1) is 12.7. The van der Waals surface area contributed by atoms with Crippen LogP contribution in [0, 0.1) is 17.8 Å². The maximum atomic E-state index is 12.3. The zero-order valence-corrected chi connectivity index (χ0v) is 10.6. The van der Waals surface area contributed by atoms with Gasteiger partial charge in [0.2, 0.25) is 0 Å². The molecule has 1 aliphatic heterocycles. The largest absolute Gasteiger partial charge is 0.338 e. The lowest BCUT2D eigenvalue weighted by molar-refractivity contribution is 0.0788. The van der Waals surface area contributed by atoms with Crippen LogP contribution in [0.1, 0.15) is 29.3 Å². The molecule has 1 unspecified atom stereocenters. The van der Waals surface area contributed by atoms with Gasteiger partial charge in [0.15, 0.2) is 0 Å². The van der Waals surface area contributed by atoms with E-state index >= 15 is 0 Å². The molecule has 1 fully saturated rings. The third-order valence-corrected chi connectivity index (χ3v) is 3.16. The summed E-state index contributed by atoms with van der Waals surface area (Å²) < 4.78 is 0. The van der Waals surface area contributed by atoms with Gasteiger partial charge in [0.25, 0.3) is 5.91 Å². The Hall–Kier alpha value is -1.79. The second-order valence-electron chi connectivity index (χ2n) is 4.73. The number of carbonyl (C=O) groups excluding carboxylic acids is 1. The van der Waals surface area contributed by atoms with E-state index in [2.05, 4.69) is 18.8 Å². The molecule has 0 radical (unpaired) electrons. The van der Waals surface area contributed by atoms with Crippen molar-refractivity contribution in [3.05, 3.63) is 35.4 Å². The Labute approximate surface area is 108 Å². The number of likely N-dealkylation sites (tertiary alicyclic amines) is 1. The number of carbonyl (C=O) groups is 1. The summed E-state index contributed by atoms with van der Waals surface area (Å²) in [6.45, 7) is 4.23. The molecule has 18 heavy (non-hydrogen) atoms. The topological polar surface area (TPSA) is 46.3 Å². The molecule has 2 rings (SSSR count). The molecular weight excluding hydrogens is 224 g/mol. The highest BCUT2D eigenvalue weighted by Gasteiger charge is 2.23. The van der Waals surface area contributed by atoms with Gasteiger partial charge in [-0.1, -0.05) is 24.8 Å². The number of nitrogens with zero attached hydrogens (tertiary/aromatic N) is 1. The van der Waals surface area contributed by atoms with Gasteiger partial charge in [-0.05, 0) is 30.5 Å². The number of nitrogens with two attached hydrogens (primary N) is 1. The Kier molecular flexibility index (Phi) is 4.01. The molecule has 0 spiro atoms. The van der Waals surface area contributed by atoms with Crippen LogP contribution in [0.25, 0.3) is 0 Å². The third kappa shape index (κ3) is 2.91. The number of hydrogen-bond donors (Lipinski definition) is 1. The quantitative estimate of drug-likeness (QED) is 0.758. The van der Waals surface area contributed by atoms with Gasteiger partial charge in [-0.25, -0.2) is 0 Å². The number of hydrogen-bond acceptors (Lipinski definition) is 2. The predicted molar refractivity (Wildman–Crippen MR) is 72.1 cm³/mol. The van der Waals surface area contributed by atoms with Crippen LogP contribution >= 0.6 is 0 Å². The monoisotopic (exact) mass is 242 g/mol. The van der Waals surface area contributed by atoms with Crippen LogP contribution in [0.4, 0.5) is 0 Å². The molecule has 1 aromatic carbocycles. The summed E-state index contributed by atoms with van der Waals surface area (Å²) in [5, 5.41) is 0. The Bertz CT molecular complexity index is 499. The minimum absolute atomic E-state index is 0.107. The molecule has 1 atom stereocenters. The molecule has 1 heterocycles. The predicted octanol–water partition coefficient (Wildman–Crippen LogP) is 1.48. The fourth-order valence-electron chi connectivity index (χ4n) is 2.19. The molecule has 0 saturated carbocycles. The minimum Gasteiger partial charge on any atom is -0.338 e. The lowest BCUT2D eigenvalue weighted by atomic mass is 10.1. The van der Waals surface area contributed by atoms with Crippen molar-refractivity contribution < 1.29 is 4.79 Å². The zero-order chi connectivity index (χ0) is 13.0. The van der Waals surface area contributed by atoms with Gasteiger partial charge in [0.05, 0.1) is 6.54 Å². The summed E-state index contributed by atoms with van der Waals surface area (Å²) in [7, 11) is 0. The van der Waals surface area contributed by atoms with Crippen LogP contribution in [0.3, 0.4) is 0 Å². The third-order valence-electron chi connectivity index (χ3n) is 3.16. The lowest BCUT2D eigenvalue weighted by Crippen LogP contribution is -2.28. The van der Waals surface area contributed by atoms with Crippen molar-refractivity contribution in [3.8, 4) is 11.8 Å². The fraction of sp³-hybridized carbons (Fsp3) is 0.400. The standard InChI is InChI=1S/C15H18N2O/c1-12-7-9-17(11-12)15(18)14-6-2-4-13(10-14)5-3-8-16/h2,4,6,10,12H,7-9,11,16H2,1H3. The minimum atomic E-state index is 0.107. The van der Waals surface area contributed by atoms with E-state index in [1.165, 1.54) is 0 Å². The van der Waals surface area contributed by atoms with E-state index in [0.717, 1.165) is 25.1 Å². The van der Waals surface area contributed by atoms with Crippen molar-refractivity contribution in [3.63, 3.8) is 0 Å². The first-order chi connectivity index (χ1) is 8.70. The smallest absolute Gasteiger partial charge is 0.253 e. The van der Waals surface area contributed by atoms with Gasteiger partial charge in [-0.3, -0.25) is 4.79 Å². The second kappa shape index (κ2) is 5.70. The molecule has 0 aromatic heterocycles. The van der Waals surface area contributed by atoms with Crippen molar-refractivity contribution in [2.24, 2.45) is 11.7 Å². The van der Waals surface area contributed by atoms with Gasteiger partial charge in [-0.2, -0.15) is 0 Å². The molecule has 1 saturated heterocycles. The Morgan fingerprint density at radius 2 is 2.39 bits per heavy atom. The average molecular weight is 242 g/mol. The molecule has 94 valence electrons. The van der Waals surface area contributed by atoms with E-state index < -0.39 is 0 Å². The van der Waals surface area contributed by atoms with E-state index in [4.69, 9.17) is 5.73 Å². The van der Waals surface area contributed by atoms with Crippen LogP contribution in [-0.2, 0) is 0 Å². The van der Waals surface area contributed by atoms with Crippen molar-refractivity contribution >= 4 is 5.91 Å². The highest BCUT2D eigenvalue weighted by Crippen LogP contribution is 2.18. The van der Waals surface area contributed by atoms with Crippen molar-refractivity contribution in [2.45, 2.75) is 13.3 Å². The lowest BCUT2D eigenvalue weighted by Gasteiger charge is -2.15. The van der Waals surface area contributed by atoms with Gasteiger partial charge in [-0.15, -0.1) is 0 Å². The highest BCUT2D eigenvalue weighted by molar-refractivity contribution is 5.94.